The number of anilines is 1. The van der Waals surface area contributed by atoms with Gasteiger partial charge in [0.05, 0.1) is 19.1 Å². The van der Waals surface area contributed by atoms with Crippen molar-refractivity contribution in [2.75, 3.05) is 11.8 Å². The smallest absolute Gasteiger partial charge is 0.280 e. The topological polar surface area (TPSA) is 73.2 Å². The van der Waals surface area contributed by atoms with Crippen LogP contribution in [0.25, 0.3) is 0 Å². The largest absolute Gasteiger partial charge is 0.497 e. The van der Waals surface area contributed by atoms with Crippen LogP contribution in [-0.2, 0) is 16.6 Å². The number of aromatic nitrogens is 2. The molecule has 6 nitrogen and oxygen atoms in total. The average Bonchev–Trinajstić information content (AvgIpc) is 2.91. The van der Waals surface area contributed by atoms with Gasteiger partial charge in [-0.25, -0.2) is 4.98 Å². The molecule has 1 heterocycles. The van der Waals surface area contributed by atoms with Crippen LogP contribution in [0.15, 0.2) is 40.2 Å². The first-order chi connectivity index (χ1) is 9.46. The van der Waals surface area contributed by atoms with Crippen LogP contribution in [0, 0.1) is 0 Å². The Bertz CT molecular complexity index is 712. The number of imidazole rings is 1. The van der Waals surface area contributed by atoms with E-state index in [0.717, 1.165) is 0 Å². The summed E-state index contributed by atoms with van der Waals surface area (Å²) in [5, 5.41) is -0.0194. The van der Waals surface area contributed by atoms with E-state index >= 15 is 0 Å². The molecule has 8 heteroatoms. The molecule has 0 aliphatic heterocycles. The van der Waals surface area contributed by atoms with Gasteiger partial charge in [0.15, 0.2) is 5.03 Å². The molecule has 1 aromatic carbocycles. The lowest BCUT2D eigenvalue weighted by Gasteiger charge is -2.09. The van der Waals surface area contributed by atoms with E-state index in [1.54, 1.807) is 22.8 Å². The first-order valence-electron chi connectivity index (χ1n) is 5.84. The molecule has 0 amide bonds. The Balaban J connectivity index is 2.32. The molecule has 0 unspecified atom stereocenters. The van der Waals surface area contributed by atoms with Gasteiger partial charge in [-0.05, 0) is 35.0 Å². The van der Waals surface area contributed by atoms with Gasteiger partial charge >= 0.3 is 0 Å². The zero-order chi connectivity index (χ0) is 14.8. The summed E-state index contributed by atoms with van der Waals surface area (Å²) < 4.78 is 34.3. The number of ether oxygens (including phenoxy) is 1. The van der Waals surface area contributed by atoms with Crippen molar-refractivity contribution in [3.8, 4) is 5.75 Å². The van der Waals surface area contributed by atoms with Crippen LogP contribution in [0.5, 0.6) is 5.75 Å². The maximum atomic E-state index is 12.2. The summed E-state index contributed by atoms with van der Waals surface area (Å²) >= 11 is 3.30. The molecule has 0 aliphatic rings. The van der Waals surface area contributed by atoms with Crippen LogP contribution < -0.4 is 9.46 Å². The highest BCUT2D eigenvalue weighted by Crippen LogP contribution is 2.28. The van der Waals surface area contributed by atoms with Crippen LogP contribution in [0.2, 0.25) is 0 Å². The van der Waals surface area contributed by atoms with Crippen molar-refractivity contribution in [3.63, 3.8) is 0 Å². The maximum Gasteiger partial charge on any atom is 0.280 e. The predicted octanol–water partition coefficient (Wildman–Crippen LogP) is 2.47. The minimum absolute atomic E-state index is 0.0194. The van der Waals surface area contributed by atoms with Gasteiger partial charge in [0.2, 0.25) is 0 Å². The second-order valence-electron chi connectivity index (χ2n) is 3.99. The average molecular weight is 360 g/mol. The van der Waals surface area contributed by atoms with Crippen molar-refractivity contribution in [1.82, 2.24) is 9.55 Å². The number of benzene rings is 1. The zero-order valence-corrected chi connectivity index (χ0v) is 13.4. The number of halogens is 1. The minimum Gasteiger partial charge on any atom is -0.497 e. The highest BCUT2D eigenvalue weighted by molar-refractivity contribution is 9.10. The minimum atomic E-state index is -3.72. The Labute approximate surface area is 126 Å². The molecule has 2 rings (SSSR count). The van der Waals surface area contributed by atoms with Gasteiger partial charge < -0.3 is 9.30 Å². The van der Waals surface area contributed by atoms with Crippen LogP contribution in [0.4, 0.5) is 5.69 Å². The van der Waals surface area contributed by atoms with Gasteiger partial charge in [0, 0.05) is 23.3 Å². The summed E-state index contributed by atoms with van der Waals surface area (Å²) in [4.78, 5) is 3.89. The third kappa shape index (κ3) is 3.13. The highest BCUT2D eigenvalue weighted by atomic mass is 79.9. The number of hydrogen-bond donors (Lipinski definition) is 1. The molecule has 1 aromatic heterocycles. The molecule has 2 aromatic rings. The lowest BCUT2D eigenvalue weighted by molar-refractivity contribution is 0.415. The third-order valence-electron chi connectivity index (χ3n) is 2.67. The Kier molecular flexibility index (Phi) is 4.34. The number of nitrogens with one attached hydrogen (secondary N) is 1. The Morgan fingerprint density at radius 3 is 2.80 bits per heavy atom. The number of aryl methyl sites for hydroxylation is 1. The molecule has 1 N–H and O–H groups in total. The quantitative estimate of drug-likeness (QED) is 0.889. The molecule has 0 saturated heterocycles. The van der Waals surface area contributed by atoms with E-state index < -0.39 is 10.0 Å². The van der Waals surface area contributed by atoms with E-state index in [0.29, 0.717) is 22.5 Å². The SMILES string of the molecule is CCn1cnc(S(=O)(=O)Nc2cc(OC)ccc2Br)c1. The summed E-state index contributed by atoms with van der Waals surface area (Å²) in [5.74, 6) is 0.560. The fourth-order valence-electron chi connectivity index (χ4n) is 1.56. The standard InChI is InChI=1S/C12H14BrN3O3S/c1-3-16-7-12(14-8-16)20(17,18)15-11-6-9(19-2)4-5-10(11)13/h4-8,15H,3H2,1-2H3. The van der Waals surface area contributed by atoms with E-state index in [4.69, 9.17) is 4.74 Å². The first-order valence-corrected chi connectivity index (χ1v) is 8.12. The number of rotatable bonds is 5. The van der Waals surface area contributed by atoms with Crippen molar-refractivity contribution in [2.24, 2.45) is 0 Å². The van der Waals surface area contributed by atoms with Crippen LogP contribution in [0.3, 0.4) is 0 Å². The number of methoxy groups -OCH3 is 1. The number of nitrogens with zero attached hydrogens (tertiary/aromatic N) is 2. The van der Waals surface area contributed by atoms with E-state index in [2.05, 4.69) is 25.6 Å². The molecule has 108 valence electrons. The first kappa shape index (κ1) is 14.9. The molecule has 0 saturated carbocycles. The number of sulfonamides is 1. The monoisotopic (exact) mass is 359 g/mol. The second kappa shape index (κ2) is 5.84. The molecule has 0 radical (unpaired) electrons. The van der Waals surface area contributed by atoms with Gasteiger partial charge in [-0.15, -0.1) is 0 Å². The van der Waals surface area contributed by atoms with Gasteiger partial charge in [0.25, 0.3) is 10.0 Å². The van der Waals surface area contributed by atoms with E-state index in [1.807, 2.05) is 6.92 Å². The lowest BCUT2D eigenvalue weighted by atomic mass is 10.3. The van der Waals surface area contributed by atoms with Gasteiger partial charge in [-0.2, -0.15) is 8.42 Å². The summed E-state index contributed by atoms with van der Waals surface area (Å²) in [5.41, 5.74) is 0.399. The van der Waals surface area contributed by atoms with E-state index in [9.17, 15) is 8.42 Å². The van der Waals surface area contributed by atoms with Gasteiger partial charge in [-0.1, -0.05) is 0 Å². The Morgan fingerprint density at radius 2 is 2.20 bits per heavy atom. The van der Waals surface area contributed by atoms with Crippen LogP contribution in [-0.4, -0.2) is 25.1 Å². The molecule has 20 heavy (non-hydrogen) atoms. The summed E-state index contributed by atoms with van der Waals surface area (Å²) in [6.45, 7) is 2.57. The van der Waals surface area contributed by atoms with Crippen molar-refractivity contribution in [3.05, 3.63) is 35.2 Å². The lowest BCUT2D eigenvalue weighted by Crippen LogP contribution is -2.13. The van der Waals surface area contributed by atoms with E-state index in [1.165, 1.54) is 19.6 Å². The van der Waals surface area contributed by atoms with Crippen molar-refractivity contribution in [2.45, 2.75) is 18.5 Å². The van der Waals surface area contributed by atoms with Crippen molar-refractivity contribution in [1.29, 1.82) is 0 Å². The molecule has 0 spiro atoms. The van der Waals surface area contributed by atoms with Crippen molar-refractivity contribution >= 4 is 31.6 Å². The Morgan fingerprint density at radius 1 is 1.45 bits per heavy atom. The molecular formula is C12H14BrN3O3S. The highest BCUT2D eigenvalue weighted by Gasteiger charge is 2.18. The summed E-state index contributed by atoms with van der Waals surface area (Å²) in [6, 6.07) is 5.04. The van der Waals surface area contributed by atoms with Gasteiger partial charge in [0.1, 0.15) is 5.75 Å². The molecular weight excluding hydrogens is 346 g/mol. The predicted molar refractivity (Wildman–Crippen MR) is 79.4 cm³/mol. The second-order valence-corrected chi connectivity index (χ2v) is 6.48. The normalized spacial score (nSPS) is 11.3. The zero-order valence-electron chi connectivity index (χ0n) is 11.0. The molecule has 0 aliphatic carbocycles. The van der Waals surface area contributed by atoms with Crippen molar-refractivity contribution < 1.29 is 13.2 Å². The summed E-state index contributed by atoms with van der Waals surface area (Å²) in [6.07, 6.45) is 2.96. The fraction of sp³-hybridized carbons (Fsp3) is 0.250. The Hall–Kier alpha value is -1.54. The molecule has 0 atom stereocenters. The number of hydrogen-bond acceptors (Lipinski definition) is 4. The molecule has 0 bridgehead atoms. The van der Waals surface area contributed by atoms with E-state index in [-0.39, 0.29) is 5.03 Å². The third-order valence-corrected chi connectivity index (χ3v) is 4.61. The van der Waals surface area contributed by atoms with Crippen LogP contribution in [0.1, 0.15) is 6.92 Å². The molecule has 0 fully saturated rings. The van der Waals surface area contributed by atoms with Crippen LogP contribution >= 0.6 is 15.9 Å². The maximum absolute atomic E-state index is 12.2. The fourth-order valence-corrected chi connectivity index (χ4v) is 3.06. The summed E-state index contributed by atoms with van der Waals surface area (Å²) in [7, 11) is -2.20. The van der Waals surface area contributed by atoms with Gasteiger partial charge in [-0.3, -0.25) is 4.72 Å².